The first-order chi connectivity index (χ1) is 9.43. The Hall–Kier alpha value is -2.97. The van der Waals surface area contributed by atoms with Crippen molar-refractivity contribution in [2.75, 3.05) is 11.9 Å². The summed E-state index contributed by atoms with van der Waals surface area (Å²) < 4.78 is 4.65. The van der Waals surface area contributed by atoms with Gasteiger partial charge in [0.2, 0.25) is 0 Å². The number of nitro benzene ring substituents is 1. The van der Waals surface area contributed by atoms with Gasteiger partial charge >= 0.3 is 5.97 Å². The molecule has 1 aromatic carbocycles. The fraction of sp³-hybridized carbons (Fsp3) is 0.182. The predicted molar refractivity (Wildman–Crippen MR) is 68.4 cm³/mol. The van der Waals surface area contributed by atoms with Crippen molar-refractivity contribution in [3.63, 3.8) is 0 Å². The summed E-state index contributed by atoms with van der Waals surface area (Å²) >= 11 is 0. The molecule has 9 nitrogen and oxygen atoms in total. The van der Waals surface area contributed by atoms with Crippen molar-refractivity contribution in [2.45, 2.75) is 6.92 Å². The molecule has 0 spiro atoms. The van der Waals surface area contributed by atoms with Crippen LogP contribution in [-0.2, 0) is 9.53 Å². The Morgan fingerprint density at radius 1 is 1.40 bits per heavy atom. The molecule has 0 aromatic heterocycles. The Labute approximate surface area is 113 Å². The Kier molecular flexibility index (Phi) is 5.15. The van der Waals surface area contributed by atoms with Gasteiger partial charge in [0.25, 0.3) is 11.9 Å². The van der Waals surface area contributed by atoms with Crippen molar-refractivity contribution < 1.29 is 19.4 Å². The van der Waals surface area contributed by atoms with Crippen LogP contribution in [0.3, 0.4) is 0 Å². The molecule has 0 bridgehead atoms. The van der Waals surface area contributed by atoms with Crippen LogP contribution in [-0.4, -0.2) is 22.4 Å². The van der Waals surface area contributed by atoms with E-state index in [4.69, 9.17) is 0 Å². The molecule has 1 rings (SSSR count). The second-order valence-electron chi connectivity index (χ2n) is 3.48. The standard InChI is InChI=1S/C11H11N3O6/c1-2-20-11(15)10(7-13(16)17)12-8-4-3-5-9(6-8)14(18)19/h3-7,12H,2H2,1H3/b10-7-. The lowest BCUT2D eigenvalue weighted by Gasteiger charge is -2.07. The Morgan fingerprint density at radius 2 is 2.10 bits per heavy atom. The number of esters is 1. The molecule has 0 unspecified atom stereocenters. The van der Waals surface area contributed by atoms with Gasteiger partial charge in [-0.2, -0.15) is 0 Å². The minimum atomic E-state index is -0.921. The molecule has 106 valence electrons. The number of nitrogens with one attached hydrogen (secondary N) is 1. The van der Waals surface area contributed by atoms with E-state index in [0.717, 1.165) is 6.07 Å². The molecule has 0 fully saturated rings. The van der Waals surface area contributed by atoms with Crippen LogP contribution in [0, 0.1) is 20.2 Å². The number of nitro groups is 2. The van der Waals surface area contributed by atoms with Gasteiger partial charge in [-0.15, -0.1) is 0 Å². The van der Waals surface area contributed by atoms with Crippen molar-refractivity contribution in [1.29, 1.82) is 0 Å². The molecule has 1 N–H and O–H groups in total. The van der Waals surface area contributed by atoms with Gasteiger partial charge in [-0.3, -0.25) is 20.2 Å². The number of non-ortho nitro benzene ring substituents is 1. The van der Waals surface area contributed by atoms with Crippen LogP contribution in [0.15, 0.2) is 36.2 Å². The van der Waals surface area contributed by atoms with Gasteiger partial charge in [0.05, 0.1) is 16.5 Å². The van der Waals surface area contributed by atoms with E-state index >= 15 is 0 Å². The highest BCUT2D eigenvalue weighted by Gasteiger charge is 2.16. The average molecular weight is 281 g/mol. The van der Waals surface area contributed by atoms with Crippen LogP contribution >= 0.6 is 0 Å². The fourth-order valence-corrected chi connectivity index (χ4v) is 1.30. The third-order valence-corrected chi connectivity index (χ3v) is 2.07. The number of hydrogen-bond donors (Lipinski definition) is 1. The third kappa shape index (κ3) is 4.37. The second kappa shape index (κ2) is 6.83. The van der Waals surface area contributed by atoms with Gasteiger partial charge in [0, 0.05) is 17.8 Å². The van der Waals surface area contributed by atoms with Crippen LogP contribution in [0.4, 0.5) is 11.4 Å². The third-order valence-electron chi connectivity index (χ3n) is 2.07. The summed E-state index contributed by atoms with van der Waals surface area (Å²) in [6, 6.07) is 5.22. The number of ether oxygens (including phenoxy) is 1. The van der Waals surface area contributed by atoms with Crippen molar-refractivity contribution >= 4 is 17.3 Å². The summed E-state index contributed by atoms with van der Waals surface area (Å²) in [6.07, 6.45) is 0.441. The van der Waals surface area contributed by atoms with Gasteiger partial charge < -0.3 is 10.1 Å². The number of benzene rings is 1. The van der Waals surface area contributed by atoms with Crippen LogP contribution in [0.5, 0.6) is 0 Å². The molecule has 0 aliphatic carbocycles. The zero-order valence-electron chi connectivity index (χ0n) is 10.4. The molecule has 0 radical (unpaired) electrons. The highest BCUT2D eigenvalue weighted by atomic mass is 16.6. The van der Waals surface area contributed by atoms with Crippen LogP contribution < -0.4 is 5.32 Å². The van der Waals surface area contributed by atoms with Crippen LogP contribution in [0.2, 0.25) is 0 Å². The van der Waals surface area contributed by atoms with Gasteiger partial charge in [-0.1, -0.05) is 6.07 Å². The molecule has 1 aromatic rings. The van der Waals surface area contributed by atoms with E-state index in [0.29, 0.717) is 6.20 Å². The minimum absolute atomic E-state index is 0.0461. The van der Waals surface area contributed by atoms with Crippen molar-refractivity contribution in [3.8, 4) is 0 Å². The highest BCUT2D eigenvalue weighted by Crippen LogP contribution is 2.18. The van der Waals surface area contributed by atoms with Crippen LogP contribution in [0.25, 0.3) is 0 Å². The molecule has 0 amide bonds. The number of rotatable bonds is 6. The maximum Gasteiger partial charge on any atom is 0.361 e. The highest BCUT2D eigenvalue weighted by molar-refractivity contribution is 5.91. The smallest absolute Gasteiger partial charge is 0.361 e. The van der Waals surface area contributed by atoms with E-state index in [-0.39, 0.29) is 18.0 Å². The normalized spacial score (nSPS) is 10.8. The van der Waals surface area contributed by atoms with Crippen molar-refractivity contribution in [2.24, 2.45) is 0 Å². The molecule has 0 saturated carbocycles. The van der Waals surface area contributed by atoms with E-state index in [9.17, 15) is 25.0 Å². The quantitative estimate of drug-likeness (QED) is 0.364. The lowest BCUT2D eigenvalue weighted by Crippen LogP contribution is -2.16. The lowest BCUT2D eigenvalue weighted by molar-refractivity contribution is -0.403. The van der Waals surface area contributed by atoms with Crippen molar-refractivity contribution in [1.82, 2.24) is 0 Å². The molecule has 0 atom stereocenters. The topological polar surface area (TPSA) is 125 Å². The number of nitrogens with zero attached hydrogens (tertiary/aromatic N) is 2. The lowest BCUT2D eigenvalue weighted by atomic mass is 10.2. The maximum absolute atomic E-state index is 11.5. The molecular formula is C11H11N3O6. The number of hydrogen-bond acceptors (Lipinski definition) is 7. The predicted octanol–water partition coefficient (Wildman–Crippen LogP) is 1.69. The van der Waals surface area contributed by atoms with E-state index < -0.39 is 21.5 Å². The van der Waals surface area contributed by atoms with E-state index in [1.807, 2.05) is 0 Å². The maximum atomic E-state index is 11.5. The van der Waals surface area contributed by atoms with Gasteiger partial charge in [-0.25, -0.2) is 4.79 Å². The Morgan fingerprint density at radius 3 is 2.65 bits per heavy atom. The number of carbonyl (C=O) groups is 1. The minimum Gasteiger partial charge on any atom is -0.461 e. The van der Waals surface area contributed by atoms with E-state index in [2.05, 4.69) is 10.1 Å². The van der Waals surface area contributed by atoms with Gasteiger partial charge in [-0.05, 0) is 13.0 Å². The Bertz CT molecular complexity index is 569. The first kappa shape index (κ1) is 15.1. The second-order valence-corrected chi connectivity index (χ2v) is 3.48. The largest absolute Gasteiger partial charge is 0.461 e. The van der Waals surface area contributed by atoms with Gasteiger partial charge in [0.15, 0.2) is 5.70 Å². The van der Waals surface area contributed by atoms with Gasteiger partial charge in [0.1, 0.15) is 0 Å². The number of carbonyl (C=O) groups excluding carboxylic acids is 1. The monoisotopic (exact) mass is 281 g/mol. The summed E-state index contributed by atoms with van der Waals surface area (Å²) in [5.74, 6) is -0.921. The fourth-order valence-electron chi connectivity index (χ4n) is 1.30. The summed E-state index contributed by atoms with van der Waals surface area (Å²) in [5, 5.41) is 23.5. The van der Waals surface area contributed by atoms with E-state index in [1.54, 1.807) is 6.92 Å². The zero-order chi connectivity index (χ0) is 15.1. The average Bonchev–Trinajstić information content (AvgIpc) is 2.38. The summed E-state index contributed by atoms with van der Waals surface area (Å²) in [6.45, 7) is 1.60. The van der Waals surface area contributed by atoms with E-state index in [1.165, 1.54) is 18.2 Å². The molecule has 0 saturated heterocycles. The molecule has 9 heteroatoms. The summed E-state index contributed by atoms with van der Waals surface area (Å²) in [4.78, 5) is 31.1. The zero-order valence-corrected chi connectivity index (χ0v) is 10.4. The number of anilines is 1. The first-order valence-corrected chi connectivity index (χ1v) is 5.48. The Balaban J connectivity index is 3.01. The molecule has 0 aliphatic heterocycles. The molecular weight excluding hydrogens is 270 g/mol. The first-order valence-electron chi connectivity index (χ1n) is 5.48. The SMILES string of the molecule is CCOC(=O)/C(=C/[N+](=O)[O-])Nc1cccc([N+](=O)[O-])c1. The molecule has 20 heavy (non-hydrogen) atoms. The molecule has 0 aliphatic rings. The summed E-state index contributed by atoms with van der Waals surface area (Å²) in [7, 11) is 0. The summed E-state index contributed by atoms with van der Waals surface area (Å²) in [5.41, 5.74) is -0.461. The van der Waals surface area contributed by atoms with Crippen LogP contribution in [0.1, 0.15) is 6.92 Å². The van der Waals surface area contributed by atoms with Crippen molar-refractivity contribution in [3.05, 3.63) is 56.4 Å². The molecule has 0 heterocycles.